The van der Waals surface area contributed by atoms with Crippen LogP contribution in [0, 0.1) is 0 Å². The van der Waals surface area contributed by atoms with Gasteiger partial charge in [0.15, 0.2) is 11.5 Å². The minimum Gasteiger partial charge on any atom is -0.486 e. The maximum atomic E-state index is 11.1. The molecule has 0 fully saturated rings. The maximum Gasteiger partial charge on any atom is 0.221 e. The van der Waals surface area contributed by atoms with E-state index in [0.717, 1.165) is 34.9 Å². The summed E-state index contributed by atoms with van der Waals surface area (Å²) in [6, 6.07) is 14.0. The standard InChI is InChI=1S/C19H22N2O3/c1-3-17(14-4-9-18-19(12-14)24-11-10-23-18)21-16-7-5-15(6-8-16)20-13(2)22/h4-9,12,17,21H,3,10-11H2,1-2H3,(H,20,22). The molecule has 0 aliphatic carbocycles. The fourth-order valence-corrected chi connectivity index (χ4v) is 2.75. The van der Waals surface area contributed by atoms with E-state index >= 15 is 0 Å². The first-order valence-corrected chi connectivity index (χ1v) is 8.19. The monoisotopic (exact) mass is 326 g/mol. The van der Waals surface area contributed by atoms with Crippen molar-refractivity contribution >= 4 is 17.3 Å². The lowest BCUT2D eigenvalue weighted by molar-refractivity contribution is -0.114. The molecule has 1 aliphatic heterocycles. The van der Waals surface area contributed by atoms with Gasteiger partial charge in [-0.25, -0.2) is 0 Å². The highest BCUT2D eigenvalue weighted by molar-refractivity contribution is 5.88. The molecule has 0 bridgehead atoms. The van der Waals surface area contributed by atoms with Crippen LogP contribution >= 0.6 is 0 Å². The van der Waals surface area contributed by atoms with E-state index in [0.29, 0.717) is 13.2 Å². The van der Waals surface area contributed by atoms with E-state index in [4.69, 9.17) is 9.47 Å². The molecule has 2 aromatic carbocycles. The molecule has 1 atom stereocenters. The molecule has 126 valence electrons. The van der Waals surface area contributed by atoms with Crippen LogP contribution in [0.25, 0.3) is 0 Å². The number of carbonyl (C=O) groups excluding carboxylic acids is 1. The number of rotatable bonds is 5. The summed E-state index contributed by atoms with van der Waals surface area (Å²) in [7, 11) is 0. The Hall–Kier alpha value is -2.69. The molecule has 1 amide bonds. The van der Waals surface area contributed by atoms with Gasteiger partial charge in [0.05, 0.1) is 6.04 Å². The summed E-state index contributed by atoms with van der Waals surface area (Å²) < 4.78 is 11.2. The van der Waals surface area contributed by atoms with Gasteiger partial charge in [-0.3, -0.25) is 4.79 Å². The molecule has 2 aromatic rings. The molecule has 5 heteroatoms. The number of hydrogen-bond donors (Lipinski definition) is 2. The van der Waals surface area contributed by atoms with Gasteiger partial charge in [0.2, 0.25) is 5.91 Å². The molecule has 2 N–H and O–H groups in total. The lowest BCUT2D eigenvalue weighted by atomic mass is 10.0. The molecule has 0 aromatic heterocycles. The molecule has 1 aliphatic rings. The third kappa shape index (κ3) is 3.79. The van der Waals surface area contributed by atoms with Crippen LogP contribution in [0.3, 0.4) is 0 Å². The number of ether oxygens (including phenoxy) is 2. The van der Waals surface area contributed by atoms with Crippen LogP contribution in [-0.4, -0.2) is 19.1 Å². The van der Waals surface area contributed by atoms with E-state index in [1.807, 2.05) is 36.4 Å². The smallest absolute Gasteiger partial charge is 0.221 e. The minimum atomic E-state index is -0.0709. The number of nitrogens with one attached hydrogen (secondary N) is 2. The zero-order valence-corrected chi connectivity index (χ0v) is 14.0. The lowest BCUT2D eigenvalue weighted by Gasteiger charge is -2.23. The molecule has 3 rings (SSSR count). The van der Waals surface area contributed by atoms with Gasteiger partial charge >= 0.3 is 0 Å². The van der Waals surface area contributed by atoms with Crippen LogP contribution in [0.1, 0.15) is 31.9 Å². The first-order chi connectivity index (χ1) is 11.7. The van der Waals surface area contributed by atoms with Crippen LogP contribution < -0.4 is 20.1 Å². The van der Waals surface area contributed by atoms with Crippen molar-refractivity contribution in [2.24, 2.45) is 0 Å². The van der Waals surface area contributed by atoms with Crippen molar-refractivity contribution in [2.75, 3.05) is 23.8 Å². The molecule has 0 saturated carbocycles. The van der Waals surface area contributed by atoms with Gasteiger partial charge in [-0.1, -0.05) is 13.0 Å². The van der Waals surface area contributed by atoms with Crippen molar-refractivity contribution in [3.8, 4) is 11.5 Å². The highest BCUT2D eigenvalue weighted by Gasteiger charge is 2.16. The number of hydrogen-bond acceptors (Lipinski definition) is 4. The Morgan fingerprint density at radius 3 is 2.38 bits per heavy atom. The molecular formula is C19H22N2O3. The Morgan fingerprint density at radius 1 is 1.04 bits per heavy atom. The fourth-order valence-electron chi connectivity index (χ4n) is 2.75. The lowest BCUT2D eigenvalue weighted by Crippen LogP contribution is -2.16. The molecule has 1 heterocycles. The van der Waals surface area contributed by atoms with Crippen LogP contribution in [0.5, 0.6) is 11.5 Å². The van der Waals surface area contributed by atoms with Crippen LogP contribution in [0.4, 0.5) is 11.4 Å². The topological polar surface area (TPSA) is 59.6 Å². The molecule has 0 radical (unpaired) electrons. The second kappa shape index (κ2) is 7.25. The molecule has 24 heavy (non-hydrogen) atoms. The van der Waals surface area contributed by atoms with Gasteiger partial charge in [-0.05, 0) is 48.4 Å². The van der Waals surface area contributed by atoms with E-state index in [1.54, 1.807) is 0 Å². The van der Waals surface area contributed by atoms with Gasteiger partial charge in [-0.15, -0.1) is 0 Å². The summed E-state index contributed by atoms with van der Waals surface area (Å²) in [4.78, 5) is 11.1. The number of benzene rings is 2. The van der Waals surface area contributed by atoms with Gasteiger partial charge in [0.25, 0.3) is 0 Å². The van der Waals surface area contributed by atoms with E-state index in [9.17, 15) is 4.79 Å². The van der Waals surface area contributed by atoms with Crippen LogP contribution in [0.15, 0.2) is 42.5 Å². The average molecular weight is 326 g/mol. The van der Waals surface area contributed by atoms with E-state index < -0.39 is 0 Å². The Balaban J connectivity index is 1.73. The molecule has 5 nitrogen and oxygen atoms in total. The van der Waals surface area contributed by atoms with Gasteiger partial charge in [0.1, 0.15) is 13.2 Å². The first kappa shape index (κ1) is 16.2. The van der Waals surface area contributed by atoms with Crippen molar-refractivity contribution in [1.82, 2.24) is 0 Å². The maximum absolute atomic E-state index is 11.1. The predicted octanol–water partition coefficient (Wildman–Crippen LogP) is 3.98. The first-order valence-electron chi connectivity index (χ1n) is 8.19. The van der Waals surface area contributed by atoms with Gasteiger partial charge in [0, 0.05) is 18.3 Å². The third-order valence-corrected chi connectivity index (χ3v) is 3.92. The summed E-state index contributed by atoms with van der Waals surface area (Å²) in [6.45, 7) is 4.83. The quantitative estimate of drug-likeness (QED) is 0.872. The SMILES string of the molecule is CCC(Nc1ccc(NC(C)=O)cc1)c1ccc2c(c1)OCCO2. The number of amides is 1. The highest BCUT2D eigenvalue weighted by Crippen LogP contribution is 2.34. The second-order valence-corrected chi connectivity index (χ2v) is 5.77. The average Bonchev–Trinajstić information content (AvgIpc) is 2.60. The summed E-state index contributed by atoms with van der Waals surface area (Å²) in [5, 5.41) is 6.29. The summed E-state index contributed by atoms with van der Waals surface area (Å²) in [6.07, 6.45) is 0.938. The number of fused-ring (bicyclic) bond motifs is 1. The number of carbonyl (C=O) groups is 1. The molecule has 1 unspecified atom stereocenters. The Bertz CT molecular complexity index is 713. The minimum absolute atomic E-state index is 0.0709. The van der Waals surface area contributed by atoms with Gasteiger partial charge < -0.3 is 20.1 Å². The van der Waals surface area contributed by atoms with E-state index in [2.05, 4.69) is 23.6 Å². The summed E-state index contributed by atoms with van der Waals surface area (Å²) in [5.74, 6) is 1.54. The Morgan fingerprint density at radius 2 is 1.71 bits per heavy atom. The van der Waals surface area contributed by atoms with Crippen molar-refractivity contribution in [1.29, 1.82) is 0 Å². The van der Waals surface area contributed by atoms with Crippen molar-refractivity contribution in [2.45, 2.75) is 26.3 Å². The molecule has 0 saturated heterocycles. The normalized spacial score (nSPS) is 13.9. The summed E-state index contributed by atoms with van der Waals surface area (Å²) in [5.41, 5.74) is 2.96. The van der Waals surface area contributed by atoms with E-state index in [-0.39, 0.29) is 11.9 Å². The van der Waals surface area contributed by atoms with E-state index in [1.165, 1.54) is 6.92 Å². The zero-order chi connectivity index (χ0) is 16.9. The fraction of sp³-hybridized carbons (Fsp3) is 0.316. The number of anilines is 2. The molecular weight excluding hydrogens is 304 g/mol. The largest absolute Gasteiger partial charge is 0.486 e. The third-order valence-electron chi connectivity index (χ3n) is 3.92. The van der Waals surface area contributed by atoms with Crippen molar-refractivity contribution in [3.05, 3.63) is 48.0 Å². The second-order valence-electron chi connectivity index (χ2n) is 5.77. The van der Waals surface area contributed by atoms with Crippen molar-refractivity contribution < 1.29 is 14.3 Å². The molecule has 0 spiro atoms. The summed E-state index contributed by atoms with van der Waals surface area (Å²) >= 11 is 0. The zero-order valence-electron chi connectivity index (χ0n) is 14.0. The van der Waals surface area contributed by atoms with Crippen molar-refractivity contribution in [3.63, 3.8) is 0 Å². The predicted molar refractivity (Wildman–Crippen MR) is 94.8 cm³/mol. The Labute approximate surface area is 142 Å². The van der Waals surface area contributed by atoms with Crippen LogP contribution in [0.2, 0.25) is 0 Å². The van der Waals surface area contributed by atoms with Gasteiger partial charge in [-0.2, -0.15) is 0 Å². The highest BCUT2D eigenvalue weighted by atomic mass is 16.6. The van der Waals surface area contributed by atoms with Crippen LogP contribution in [-0.2, 0) is 4.79 Å². The Kier molecular flexibility index (Phi) is 4.89.